The first-order chi connectivity index (χ1) is 10.7. The SMILES string of the molecule is C#Cc1nc(N)c2nc(CCc3ccccc3)n(CC)c2n1. The van der Waals surface area contributed by atoms with Gasteiger partial charge in [-0.05, 0) is 24.8 Å². The Bertz CT molecular complexity index is 843. The molecule has 2 aromatic heterocycles. The molecule has 5 nitrogen and oxygen atoms in total. The molecule has 0 aliphatic heterocycles. The van der Waals surface area contributed by atoms with E-state index >= 15 is 0 Å². The van der Waals surface area contributed by atoms with E-state index in [-0.39, 0.29) is 0 Å². The molecule has 1 aromatic carbocycles. The van der Waals surface area contributed by atoms with E-state index in [1.807, 2.05) is 18.2 Å². The van der Waals surface area contributed by atoms with Crippen LogP contribution in [-0.4, -0.2) is 19.5 Å². The first kappa shape index (κ1) is 14.1. The molecule has 110 valence electrons. The van der Waals surface area contributed by atoms with Gasteiger partial charge in [0.15, 0.2) is 17.0 Å². The van der Waals surface area contributed by atoms with Crippen LogP contribution >= 0.6 is 0 Å². The fourth-order valence-corrected chi connectivity index (χ4v) is 2.56. The van der Waals surface area contributed by atoms with Crippen LogP contribution < -0.4 is 5.73 Å². The number of benzene rings is 1. The highest BCUT2D eigenvalue weighted by atomic mass is 15.2. The number of hydrogen-bond acceptors (Lipinski definition) is 4. The average Bonchev–Trinajstić information content (AvgIpc) is 2.91. The van der Waals surface area contributed by atoms with Crippen LogP contribution in [0.3, 0.4) is 0 Å². The van der Waals surface area contributed by atoms with Gasteiger partial charge in [0, 0.05) is 13.0 Å². The second-order valence-electron chi connectivity index (χ2n) is 5.01. The zero-order valence-electron chi connectivity index (χ0n) is 12.5. The molecule has 3 aromatic rings. The molecule has 0 spiro atoms. The zero-order valence-corrected chi connectivity index (χ0v) is 12.5. The van der Waals surface area contributed by atoms with Crippen LogP contribution in [0.15, 0.2) is 30.3 Å². The van der Waals surface area contributed by atoms with Crippen molar-refractivity contribution >= 4 is 17.0 Å². The number of imidazole rings is 1. The second kappa shape index (κ2) is 5.86. The number of anilines is 1. The minimum atomic E-state index is 0.300. The summed E-state index contributed by atoms with van der Waals surface area (Å²) in [7, 11) is 0. The highest BCUT2D eigenvalue weighted by molar-refractivity contribution is 5.82. The molecule has 0 aliphatic carbocycles. The van der Waals surface area contributed by atoms with Crippen LogP contribution in [-0.2, 0) is 19.4 Å². The van der Waals surface area contributed by atoms with Crippen molar-refractivity contribution in [1.82, 2.24) is 19.5 Å². The number of nitrogens with two attached hydrogens (primary N) is 1. The number of rotatable bonds is 4. The van der Waals surface area contributed by atoms with Crippen LogP contribution in [0.5, 0.6) is 0 Å². The number of aromatic nitrogens is 4. The number of nitrogens with zero attached hydrogens (tertiary/aromatic N) is 4. The van der Waals surface area contributed by atoms with Crippen LogP contribution in [0.25, 0.3) is 11.2 Å². The van der Waals surface area contributed by atoms with Gasteiger partial charge in [-0.1, -0.05) is 30.3 Å². The van der Waals surface area contributed by atoms with Gasteiger partial charge in [0.1, 0.15) is 5.82 Å². The molecule has 0 unspecified atom stereocenters. The van der Waals surface area contributed by atoms with Crippen molar-refractivity contribution in [1.29, 1.82) is 0 Å². The molecule has 22 heavy (non-hydrogen) atoms. The Kier molecular flexibility index (Phi) is 3.75. The summed E-state index contributed by atoms with van der Waals surface area (Å²) >= 11 is 0. The lowest BCUT2D eigenvalue weighted by Gasteiger charge is -2.05. The Morgan fingerprint density at radius 3 is 2.59 bits per heavy atom. The Labute approximate surface area is 129 Å². The monoisotopic (exact) mass is 291 g/mol. The maximum absolute atomic E-state index is 5.95. The Morgan fingerprint density at radius 1 is 1.14 bits per heavy atom. The average molecular weight is 291 g/mol. The predicted octanol–water partition coefficient (Wildman–Crippen LogP) is 2.19. The smallest absolute Gasteiger partial charge is 0.208 e. The normalized spacial score (nSPS) is 10.7. The quantitative estimate of drug-likeness (QED) is 0.748. The summed E-state index contributed by atoms with van der Waals surface area (Å²) in [5, 5.41) is 0. The molecule has 0 aliphatic rings. The maximum Gasteiger partial charge on any atom is 0.208 e. The van der Waals surface area contributed by atoms with Crippen molar-refractivity contribution in [2.75, 3.05) is 5.73 Å². The summed E-state index contributed by atoms with van der Waals surface area (Å²) in [6, 6.07) is 10.3. The Balaban J connectivity index is 1.99. The first-order valence-electron chi connectivity index (χ1n) is 7.26. The van der Waals surface area contributed by atoms with E-state index in [2.05, 4.69) is 44.5 Å². The van der Waals surface area contributed by atoms with E-state index in [1.54, 1.807) is 0 Å². The van der Waals surface area contributed by atoms with Crippen molar-refractivity contribution in [2.24, 2.45) is 0 Å². The van der Waals surface area contributed by atoms with Gasteiger partial charge in [-0.2, -0.15) is 0 Å². The van der Waals surface area contributed by atoms with Crippen LogP contribution in [0.2, 0.25) is 0 Å². The molecule has 0 amide bonds. The van der Waals surface area contributed by atoms with Gasteiger partial charge in [-0.15, -0.1) is 6.42 Å². The lowest BCUT2D eigenvalue weighted by Crippen LogP contribution is -2.05. The molecule has 5 heteroatoms. The third-order valence-electron chi connectivity index (χ3n) is 3.63. The summed E-state index contributed by atoms with van der Waals surface area (Å²) in [6.07, 6.45) is 7.12. The van der Waals surface area contributed by atoms with E-state index < -0.39 is 0 Å². The molecule has 3 rings (SSSR count). The lowest BCUT2D eigenvalue weighted by atomic mass is 10.1. The van der Waals surface area contributed by atoms with E-state index in [4.69, 9.17) is 12.2 Å². The number of nitrogen functional groups attached to an aromatic ring is 1. The topological polar surface area (TPSA) is 69.6 Å². The second-order valence-corrected chi connectivity index (χ2v) is 5.01. The molecule has 0 saturated carbocycles. The van der Waals surface area contributed by atoms with Gasteiger partial charge in [-0.25, -0.2) is 15.0 Å². The molecular formula is C17H17N5. The van der Waals surface area contributed by atoms with E-state index in [0.717, 1.165) is 25.2 Å². The van der Waals surface area contributed by atoms with Gasteiger partial charge < -0.3 is 10.3 Å². The van der Waals surface area contributed by atoms with Gasteiger partial charge in [0.2, 0.25) is 5.82 Å². The van der Waals surface area contributed by atoms with Crippen LogP contribution in [0.4, 0.5) is 5.82 Å². The molecule has 0 radical (unpaired) electrons. The summed E-state index contributed by atoms with van der Waals surface area (Å²) in [5.74, 6) is 4.03. The standard InChI is InChI=1S/C17H17N5/c1-3-13-19-16(18)15-17(20-13)22(4-2)14(21-15)11-10-12-8-6-5-7-9-12/h1,5-9H,4,10-11H2,2H3,(H2,18,19,20). The van der Waals surface area contributed by atoms with Gasteiger partial charge in [0.25, 0.3) is 0 Å². The molecule has 0 bridgehead atoms. The van der Waals surface area contributed by atoms with Crippen molar-refractivity contribution in [3.05, 3.63) is 47.5 Å². The first-order valence-corrected chi connectivity index (χ1v) is 7.26. The number of hydrogen-bond donors (Lipinski definition) is 1. The molecule has 0 fully saturated rings. The molecular weight excluding hydrogens is 274 g/mol. The third-order valence-corrected chi connectivity index (χ3v) is 3.63. The number of fused-ring (bicyclic) bond motifs is 1. The van der Waals surface area contributed by atoms with Gasteiger partial charge in [-0.3, -0.25) is 0 Å². The number of aryl methyl sites for hydroxylation is 3. The minimum Gasteiger partial charge on any atom is -0.382 e. The Hall–Kier alpha value is -2.87. The van der Waals surface area contributed by atoms with Crippen molar-refractivity contribution < 1.29 is 0 Å². The maximum atomic E-state index is 5.95. The molecule has 0 atom stereocenters. The van der Waals surface area contributed by atoms with Crippen molar-refractivity contribution in [3.8, 4) is 12.3 Å². The predicted molar refractivity (Wildman–Crippen MR) is 87.2 cm³/mol. The Morgan fingerprint density at radius 2 is 1.91 bits per heavy atom. The van der Waals surface area contributed by atoms with E-state index in [1.165, 1.54) is 5.56 Å². The minimum absolute atomic E-state index is 0.300. The third kappa shape index (κ3) is 2.51. The molecule has 0 saturated heterocycles. The lowest BCUT2D eigenvalue weighted by molar-refractivity contribution is 0.701. The van der Waals surface area contributed by atoms with Crippen LogP contribution in [0, 0.1) is 12.3 Å². The largest absolute Gasteiger partial charge is 0.382 e. The van der Waals surface area contributed by atoms with Crippen LogP contribution in [0.1, 0.15) is 24.1 Å². The van der Waals surface area contributed by atoms with Gasteiger partial charge in [0.05, 0.1) is 0 Å². The fourth-order valence-electron chi connectivity index (χ4n) is 2.56. The highest BCUT2D eigenvalue weighted by Crippen LogP contribution is 2.20. The van der Waals surface area contributed by atoms with E-state index in [9.17, 15) is 0 Å². The summed E-state index contributed by atoms with van der Waals surface area (Å²) in [6.45, 7) is 2.82. The van der Waals surface area contributed by atoms with Crippen molar-refractivity contribution in [3.63, 3.8) is 0 Å². The molecule has 2 heterocycles. The summed E-state index contributed by atoms with van der Waals surface area (Å²) in [5.41, 5.74) is 8.58. The van der Waals surface area contributed by atoms with E-state index in [0.29, 0.717) is 22.8 Å². The fraction of sp³-hybridized carbons (Fsp3) is 0.235. The molecule has 2 N–H and O–H groups in total. The highest BCUT2D eigenvalue weighted by Gasteiger charge is 2.15. The van der Waals surface area contributed by atoms with Crippen molar-refractivity contribution in [2.45, 2.75) is 26.3 Å². The number of terminal acetylenes is 1. The summed E-state index contributed by atoms with van der Waals surface area (Å²) < 4.78 is 2.05. The zero-order chi connectivity index (χ0) is 15.5. The summed E-state index contributed by atoms with van der Waals surface area (Å²) in [4.78, 5) is 13.1. The van der Waals surface area contributed by atoms with Gasteiger partial charge >= 0.3 is 0 Å².